The number of rotatable bonds is 6. The Morgan fingerprint density at radius 3 is 1.62 bits per heavy atom. The minimum absolute atomic E-state index is 0.902. The molecule has 29 heavy (non-hydrogen) atoms. The summed E-state index contributed by atoms with van der Waals surface area (Å²) in [5.41, 5.74) is 6.03. The van der Waals surface area contributed by atoms with Crippen LogP contribution in [0.5, 0.6) is 0 Å². The Bertz CT molecular complexity index is 1080. The summed E-state index contributed by atoms with van der Waals surface area (Å²) in [5.74, 6) is 0. The smallest absolute Gasteiger partial charge is 0.0730 e. The Balaban J connectivity index is 1.82. The quantitative estimate of drug-likeness (QED) is 0.362. The van der Waals surface area contributed by atoms with Crippen LogP contribution in [-0.4, -0.2) is 5.71 Å². The first-order valence-electron chi connectivity index (χ1n) is 9.67. The van der Waals surface area contributed by atoms with Gasteiger partial charge in [0.2, 0.25) is 0 Å². The van der Waals surface area contributed by atoms with Gasteiger partial charge in [-0.3, -0.25) is 0 Å². The number of aliphatic imine (C=N–C) groups is 1. The maximum absolute atomic E-state index is 4.94. The van der Waals surface area contributed by atoms with E-state index >= 15 is 0 Å². The fourth-order valence-corrected chi connectivity index (χ4v) is 3.05. The Morgan fingerprint density at radius 2 is 1.03 bits per heavy atom. The highest BCUT2D eigenvalue weighted by atomic mass is 14.9. The van der Waals surface area contributed by atoms with Gasteiger partial charge in [-0.05, 0) is 35.9 Å². The van der Waals surface area contributed by atoms with E-state index in [2.05, 4.69) is 47.8 Å². The van der Waals surface area contributed by atoms with Gasteiger partial charge in [-0.1, -0.05) is 97.1 Å². The fourth-order valence-electron chi connectivity index (χ4n) is 3.05. The molecule has 140 valence electrons. The van der Waals surface area contributed by atoms with Crippen LogP contribution >= 0.6 is 0 Å². The second kappa shape index (κ2) is 9.34. The van der Waals surface area contributed by atoms with E-state index in [1.807, 2.05) is 84.9 Å². The predicted octanol–water partition coefficient (Wildman–Crippen LogP) is 6.96. The van der Waals surface area contributed by atoms with Crippen LogP contribution in [0, 0.1) is 0 Å². The molecular formula is C27H22N2. The molecule has 0 aliphatic carbocycles. The highest BCUT2D eigenvalue weighted by Gasteiger charge is 2.07. The van der Waals surface area contributed by atoms with Gasteiger partial charge in [-0.2, -0.15) is 0 Å². The van der Waals surface area contributed by atoms with Crippen molar-refractivity contribution in [2.24, 2.45) is 4.99 Å². The van der Waals surface area contributed by atoms with Crippen LogP contribution in [-0.2, 0) is 0 Å². The minimum atomic E-state index is 0.902. The van der Waals surface area contributed by atoms with E-state index in [1.165, 1.54) is 0 Å². The Labute approximate surface area is 171 Å². The standard InChI is InChI=1S/C27H22N2/c1-5-13-22(14-6-1)26(28-24-17-9-3-10-18-24)21-27(23-15-7-2-8-16-23)29-25-19-11-4-12-20-25/h1-21,28H/b26-21-,29-27?. The summed E-state index contributed by atoms with van der Waals surface area (Å²) in [6, 6.07) is 40.9. The molecule has 0 aliphatic rings. The van der Waals surface area contributed by atoms with Crippen molar-refractivity contribution >= 4 is 22.8 Å². The highest BCUT2D eigenvalue weighted by molar-refractivity contribution is 6.14. The van der Waals surface area contributed by atoms with E-state index < -0.39 is 0 Å². The van der Waals surface area contributed by atoms with Gasteiger partial charge in [0.1, 0.15) is 0 Å². The predicted molar refractivity (Wildman–Crippen MR) is 124 cm³/mol. The second-order valence-corrected chi connectivity index (χ2v) is 6.61. The number of benzene rings is 4. The lowest BCUT2D eigenvalue weighted by molar-refractivity contribution is 1.49. The average Bonchev–Trinajstić information content (AvgIpc) is 2.81. The van der Waals surface area contributed by atoms with Crippen molar-refractivity contribution in [3.05, 3.63) is 139 Å². The normalized spacial score (nSPS) is 11.9. The van der Waals surface area contributed by atoms with Gasteiger partial charge in [0.25, 0.3) is 0 Å². The van der Waals surface area contributed by atoms with E-state index in [0.717, 1.165) is 33.9 Å². The molecule has 4 aromatic rings. The molecule has 0 radical (unpaired) electrons. The Hall–Kier alpha value is -3.91. The zero-order chi connectivity index (χ0) is 19.7. The lowest BCUT2D eigenvalue weighted by Crippen LogP contribution is -2.04. The van der Waals surface area contributed by atoms with E-state index in [1.54, 1.807) is 0 Å². The lowest BCUT2D eigenvalue weighted by Gasteiger charge is -2.13. The van der Waals surface area contributed by atoms with Gasteiger partial charge in [0.05, 0.1) is 11.4 Å². The van der Waals surface area contributed by atoms with Crippen LogP contribution in [0.4, 0.5) is 11.4 Å². The number of hydrogen-bond donors (Lipinski definition) is 1. The number of anilines is 1. The van der Waals surface area contributed by atoms with E-state index in [9.17, 15) is 0 Å². The Morgan fingerprint density at radius 1 is 0.552 bits per heavy atom. The van der Waals surface area contributed by atoms with Crippen molar-refractivity contribution in [2.45, 2.75) is 0 Å². The third kappa shape index (κ3) is 5.08. The SMILES string of the molecule is C(/C(=Nc1ccccc1)c1ccccc1)=C(/Nc1ccccc1)c1ccccc1. The maximum Gasteiger partial charge on any atom is 0.0730 e. The molecule has 0 unspecified atom stereocenters. The first-order valence-corrected chi connectivity index (χ1v) is 9.67. The molecule has 2 nitrogen and oxygen atoms in total. The molecule has 4 rings (SSSR count). The van der Waals surface area contributed by atoms with Crippen molar-refractivity contribution in [3.63, 3.8) is 0 Å². The van der Waals surface area contributed by atoms with Crippen LogP contribution in [0.2, 0.25) is 0 Å². The van der Waals surface area contributed by atoms with Gasteiger partial charge < -0.3 is 5.32 Å². The fraction of sp³-hybridized carbons (Fsp3) is 0. The minimum Gasteiger partial charge on any atom is -0.355 e. The molecule has 0 atom stereocenters. The van der Waals surface area contributed by atoms with Crippen molar-refractivity contribution in [3.8, 4) is 0 Å². The number of hydrogen-bond acceptors (Lipinski definition) is 2. The Kier molecular flexibility index (Phi) is 5.94. The summed E-state index contributed by atoms with van der Waals surface area (Å²) < 4.78 is 0. The van der Waals surface area contributed by atoms with Gasteiger partial charge in [0.15, 0.2) is 0 Å². The van der Waals surface area contributed by atoms with Crippen LogP contribution in [0.3, 0.4) is 0 Å². The van der Waals surface area contributed by atoms with Crippen LogP contribution in [0.15, 0.2) is 132 Å². The summed E-state index contributed by atoms with van der Waals surface area (Å²) in [5, 5.41) is 3.56. The van der Waals surface area contributed by atoms with E-state index in [0.29, 0.717) is 0 Å². The molecule has 0 bridgehead atoms. The van der Waals surface area contributed by atoms with E-state index in [-0.39, 0.29) is 0 Å². The largest absolute Gasteiger partial charge is 0.355 e. The zero-order valence-corrected chi connectivity index (χ0v) is 16.1. The zero-order valence-electron chi connectivity index (χ0n) is 16.1. The summed E-state index contributed by atoms with van der Waals surface area (Å²) in [6.45, 7) is 0. The molecule has 0 aromatic heterocycles. The topological polar surface area (TPSA) is 24.4 Å². The number of nitrogens with zero attached hydrogens (tertiary/aromatic N) is 1. The number of nitrogens with one attached hydrogen (secondary N) is 1. The van der Waals surface area contributed by atoms with Gasteiger partial charge in [-0.15, -0.1) is 0 Å². The van der Waals surface area contributed by atoms with Gasteiger partial charge >= 0.3 is 0 Å². The lowest BCUT2D eigenvalue weighted by atomic mass is 10.1. The molecule has 4 aromatic carbocycles. The van der Waals surface area contributed by atoms with Crippen molar-refractivity contribution < 1.29 is 0 Å². The molecule has 0 saturated carbocycles. The molecular weight excluding hydrogens is 352 g/mol. The first-order chi connectivity index (χ1) is 14.4. The number of allylic oxidation sites excluding steroid dienone is 1. The molecule has 0 spiro atoms. The monoisotopic (exact) mass is 374 g/mol. The molecule has 0 fully saturated rings. The van der Waals surface area contributed by atoms with Crippen molar-refractivity contribution in [1.82, 2.24) is 0 Å². The third-order valence-electron chi connectivity index (χ3n) is 4.49. The van der Waals surface area contributed by atoms with Gasteiger partial charge in [0, 0.05) is 16.9 Å². The van der Waals surface area contributed by atoms with Gasteiger partial charge in [-0.25, -0.2) is 4.99 Å². The molecule has 0 amide bonds. The average molecular weight is 374 g/mol. The van der Waals surface area contributed by atoms with Crippen LogP contribution < -0.4 is 5.32 Å². The summed E-state index contributed by atoms with van der Waals surface area (Å²) >= 11 is 0. The van der Waals surface area contributed by atoms with E-state index in [4.69, 9.17) is 4.99 Å². The molecule has 0 saturated heterocycles. The number of para-hydroxylation sites is 2. The molecule has 0 heterocycles. The highest BCUT2D eigenvalue weighted by Crippen LogP contribution is 2.21. The molecule has 2 heteroatoms. The van der Waals surface area contributed by atoms with Crippen molar-refractivity contribution in [2.75, 3.05) is 5.32 Å². The maximum atomic E-state index is 4.94. The van der Waals surface area contributed by atoms with Crippen LogP contribution in [0.1, 0.15) is 11.1 Å². The second-order valence-electron chi connectivity index (χ2n) is 6.61. The van der Waals surface area contributed by atoms with Crippen molar-refractivity contribution in [1.29, 1.82) is 0 Å². The van der Waals surface area contributed by atoms with Crippen LogP contribution in [0.25, 0.3) is 5.70 Å². The summed E-state index contributed by atoms with van der Waals surface area (Å²) in [6.07, 6.45) is 2.12. The molecule has 0 aliphatic heterocycles. The molecule has 1 N–H and O–H groups in total. The summed E-state index contributed by atoms with van der Waals surface area (Å²) in [7, 11) is 0. The third-order valence-corrected chi connectivity index (χ3v) is 4.49. The first kappa shape index (κ1) is 18.5. The summed E-state index contributed by atoms with van der Waals surface area (Å²) in [4.78, 5) is 4.94.